The molecule has 1 rings (SSSR count). The second kappa shape index (κ2) is 9.82. The van der Waals surface area contributed by atoms with Crippen molar-refractivity contribution < 1.29 is 0 Å². The summed E-state index contributed by atoms with van der Waals surface area (Å²) in [5.41, 5.74) is 2.69. The number of nitrogens with one attached hydrogen (secondary N) is 1. The second-order valence-electron chi connectivity index (χ2n) is 5.62. The first-order valence-electron chi connectivity index (χ1n) is 8.26. The fourth-order valence-electron chi connectivity index (χ4n) is 2.55. The van der Waals surface area contributed by atoms with Crippen molar-refractivity contribution in [3.63, 3.8) is 0 Å². The van der Waals surface area contributed by atoms with E-state index >= 15 is 0 Å². The molecule has 0 heterocycles. The summed E-state index contributed by atoms with van der Waals surface area (Å²) in [6.45, 7) is 12.3. The zero-order valence-electron chi connectivity index (χ0n) is 13.8. The third kappa shape index (κ3) is 5.96. The molecule has 0 fully saturated rings. The zero-order chi connectivity index (χ0) is 14.8. The van der Waals surface area contributed by atoms with Crippen LogP contribution >= 0.6 is 0 Å². The number of hydrogen-bond donors (Lipinski definition) is 1. The van der Waals surface area contributed by atoms with E-state index in [1.165, 1.54) is 36.9 Å². The zero-order valence-corrected chi connectivity index (χ0v) is 13.8. The molecule has 1 aromatic rings. The Labute approximate surface area is 125 Å². The largest absolute Gasteiger partial charge is 0.372 e. The van der Waals surface area contributed by atoms with Crippen molar-refractivity contribution in [3.05, 3.63) is 29.8 Å². The smallest absolute Gasteiger partial charge is 0.0366 e. The Morgan fingerprint density at radius 2 is 1.80 bits per heavy atom. The molecule has 2 heteroatoms. The maximum Gasteiger partial charge on any atom is 0.0366 e. The van der Waals surface area contributed by atoms with Crippen LogP contribution in [0.15, 0.2) is 24.3 Å². The lowest BCUT2D eigenvalue weighted by molar-refractivity contribution is 0.455. The van der Waals surface area contributed by atoms with Crippen molar-refractivity contribution in [1.82, 2.24) is 5.32 Å². The summed E-state index contributed by atoms with van der Waals surface area (Å²) in [6.07, 6.45) is 4.99. The number of anilines is 1. The van der Waals surface area contributed by atoms with E-state index in [1.807, 2.05) is 0 Å². The molecular weight excluding hydrogens is 244 g/mol. The first-order chi connectivity index (χ1) is 9.71. The number of rotatable bonds is 10. The molecule has 0 spiro atoms. The minimum Gasteiger partial charge on any atom is -0.372 e. The van der Waals surface area contributed by atoms with Gasteiger partial charge in [-0.25, -0.2) is 0 Å². The lowest BCUT2D eigenvalue weighted by Gasteiger charge is -2.24. The van der Waals surface area contributed by atoms with Crippen LogP contribution in [-0.2, 0) is 0 Å². The van der Waals surface area contributed by atoms with E-state index in [4.69, 9.17) is 0 Å². The molecule has 0 aromatic heterocycles. The van der Waals surface area contributed by atoms with Crippen LogP contribution in [0.4, 0.5) is 5.69 Å². The summed E-state index contributed by atoms with van der Waals surface area (Å²) in [7, 11) is 0. The molecule has 20 heavy (non-hydrogen) atoms. The fourth-order valence-corrected chi connectivity index (χ4v) is 2.55. The van der Waals surface area contributed by atoms with E-state index in [0.717, 1.165) is 19.6 Å². The molecule has 1 atom stereocenters. The van der Waals surface area contributed by atoms with Gasteiger partial charge in [-0.05, 0) is 58.2 Å². The molecule has 114 valence electrons. The molecule has 0 radical (unpaired) electrons. The highest BCUT2D eigenvalue weighted by Gasteiger charge is 2.07. The maximum absolute atomic E-state index is 3.64. The van der Waals surface area contributed by atoms with E-state index in [9.17, 15) is 0 Å². The molecule has 0 aliphatic rings. The number of nitrogens with zero attached hydrogens (tertiary/aromatic N) is 1. The van der Waals surface area contributed by atoms with Crippen LogP contribution in [0.5, 0.6) is 0 Å². The molecule has 1 unspecified atom stereocenters. The summed E-state index contributed by atoms with van der Waals surface area (Å²) in [6, 6.07) is 9.58. The van der Waals surface area contributed by atoms with Crippen molar-refractivity contribution in [1.29, 1.82) is 0 Å². The van der Waals surface area contributed by atoms with Gasteiger partial charge in [0, 0.05) is 24.8 Å². The van der Waals surface area contributed by atoms with Crippen molar-refractivity contribution in [2.24, 2.45) is 0 Å². The number of benzene rings is 1. The van der Waals surface area contributed by atoms with Gasteiger partial charge in [-0.1, -0.05) is 31.5 Å². The van der Waals surface area contributed by atoms with Gasteiger partial charge in [-0.2, -0.15) is 0 Å². The Bertz CT molecular complexity index is 345. The summed E-state index contributed by atoms with van der Waals surface area (Å²) in [5.74, 6) is 0. The van der Waals surface area contributed by atoms with Crippen LogP contribution < -0.4 is 10.2 Å². The average Bonchev–Trinajstić information content (AvgIpc) is 2.48. The maximum atomic E-state index is 3.64. The molecule has 1 N–H and O–H groups in total. The highest BCUT2D eigenvalue weighted by Crippen LogP contribution is 2.16. The molecule has 0 bridgehead atoms. The number of aryl methyl sites for hydroxylation is 1. The van der Waals surface area contributed by atoms with E-state index in [0.29, 0.717) is 6.04 Å². The first kappa shape index (κ1) is 17.0. The first-order valence-corrected chi connectivity index (χ1v) is 8.26. The summed E-state index contributed by atoms with van der Waals surface area (Å²) in [4.78, 5) is 2.48. The Morgan fingerprint density at radius 1 is 1.10 bits per heavy atom. The molecule has 2 nitrogen and oxygen atoms in total. The molecule has 1 aromatic carbocycles. The predicted octanol–water partition coefficient (Wildman–Crippen LogP) is 4.38. The summed E-state index contributed by atoms with van der Waals surface area (Å²) in [5, 5.41) is 3.64. The normalized spacial score (nSPS) is 12.4. The summed E-state index contributed by atoms with van der Waals surface area (Å²) < 4.78 is 0. The van der Waals surface area contributed by atoms with Gasteiger partial charge in [0.1, 0.15) is 0 Å². The highest BCUT2D eigenvalue weighted by molar-refractivity contribution is 5.47. The molecular formula is C18H32N2. The van der Waals surface area contributed by atoms with E-state index in [1.54, 1.807) is 0 Å². The van der Waals surface area contributed by atoms with Crippen LogP contribution in [0, 0.1) is 6.92 Å². The SMILES string of the molecule is CCCNC(CC)CCCN(CC)c1ccc(C)cc1. The third-order valence-corrected chi connectivity index (χ3v) is 3.94. The van der Waals surface area contributed by atoms with Gasteiger partial charge in [-0.3, -0.25) is 0 Å². The van der Waals surface area contributed by atoms with Gasteiger partial charge in [0.05, 0.1) is 0 Å². The molecule has 0 aliphatic heterocycles. The minimum atomic E-state index is 0.687. The van der Waals surface area contributed by atoms with E-state index in [-0.39, 0.29) is 0 Å². The standard InChI is InChI=1S/C18H32N2/c1-5-14-19-17(6-2)9-8-15-20(7-3)18-12-10-16(4)11-13-18/h10-13,17,19H,5-9,14-15H2,1-4H3. The van der Waals surface area contributed by atoms with E-state index in [2.05, 4.69) is 62.2 Å². The minimum absolute atomic E-state index is 0.687. The lowest BCUT2D eigenvalue weighted by atomic mass is 10.1. The van der Waals surface area contributed by atoms with Gasteiger partial charge < -0.3 is 10.2 Å². The van der Waals surface area contributed by atoms with Crippen molar-refractivity contribution in [2.75, 3.05) is 24.5 Å². The predicted molar refractivity (Wildman–Crippen MR) is 90.7 cm³/mol. The van der Waals surface area contributed by atoms with Crippen molar-refractivity contribution in [2.45, 2.75) is 59.4 Å². The Hall–Kier alpha value is -1.02. The molecule has 0 saturated carbocycles. The highest BCUT2D eigenvalue weighted by atomic mass is 15.1. The molecule has 0 saturated heterocycles. The molecule has 0 aliphatic carbocycles. The van der Waals surface area contributed by atoms with Crippen molar-refractivity contribution >= 4 is 5.69 Å². The van der Waals surface area contributed by atoms with Gasteiger partial charge in [0.15, 0.2) is 0 Å². The Morgan fingerprint density at radius 3 is 2.35 bits per heavy atom. The molecule has 0 amide bonds. The summed E-state index contributed by atoms with van der Waals surface area (Å²) >= 11 is 0. The lowest BCUT2D eigenvalue weighted by Crippen LogP contribution is -2.31. The second-order valence-corrected chi connectivity index (χ2v) is 5.62. The van der Waals surface area contributed by atoms with Gasteiger partial charge >= 0.3 is 0 Å². The average molecular weight is 276 g/mol. The monoisotopic (exact) mass is 276 g/mol. The van der Waals surface area contributed by atoms with Crippen LogP contribution in [0.1, 0.15) is 52.0 Å². The van der Waals surface area contributed by atoms with Crippen LogP contribution in [0.3, 0.4) is 0 Å². The third-order valence-electron chi connectivity index (χ3n) is 3.94. The fraction of sp³-hybridized carbons (Fsp3) is 0.667. The van der Waals surface area contributed by atoms with E-state index < -0.39 is 0 Å². The van der Waals surface area contributed by atoms with Gasteiger partial charge in [-0.15, -0.1) is 0 Å². The van der Waals surface area contributed by atoms with Crippen LogP contribution in [0.2, 0.25) is 0 Å². The van der Waals surface area contributed by atoms with Crippen LogP contribution in [0.25, 0.3) is 0 Å². The topological polar surface area (TPSA) is 15.3 Å². The van der Waals surface area contributed by atoms with Gasteiger partial charge in [0.25, 0.3) is 0 Å². The Balaban J connectivity index is 2.39. The number of hydrogen-bond acceptors (Lipinski definition) is 2. The quantitative estimate of drug-likeness (QED) is 0.682. The van der Waals surface area contributed by atoms with Crippen molar-refractivity contribution in [3.8, 4) is 0 Å². The van der Waals surface area contributed by atoms with Crippen LogP contribution in [-0.4, -0.2) is 25.7 Å². The Kier molecular flexibility index (Phi) is 8.36. The van der Waals surface area contributed by atoms with Gasteiger partial charge in [0.2, 0.25) is 0 Å².